The van der Waals surface area contributed by atoms with Gasteiger partial charge >= 0.3 is 0 Å². The summed E-state index contributed by atoms with van der Waals surface area (Å²) in [7, 11) is 0.375. The van der Waals surface area contributed by atoms with Crippen molar-refractivity contribution in [2.45, 2.75) is 51.6 Å². The maximum atomic E-state index is 12.2. The largest absolute Gasteiger partial charge is 0.386 e. The van der Waals surface area contributed by atoms with Crippen LogP contribution in [0.2, 0.25) is 19.6 Å². The lowest BCUT2D eigenvalue weighted by atomic mass is 10.0. The van der Waals surface area contributed by atoms with E-state index < -0.39 is 14.2 Å². The minimum Gasteiger partial charge on any atom is -0.386 e. The van der Waals surface area contributed by atoms with Gasteiger partial charge in [0.2, 0.25) is 5.91 Å². The first-order valence-electron chi connectivity index (χ1n) is 7.71. The van der Waals surface area contributed by atoms with Gasteiger partial charge in [-0.3, -0.25) is 4.79 Å². The highest BCUT2D eigenvalue weighted by atomic mass is 28.3. The average molecular weight is 318 g/mol. The molecule has 0 fully saturated rings. The summed E-state index contributed by atoms with van der Waals surface area (Å²) in [4.78, 5) is 13.8. The van der Waals surface area contributed by atoms with Gasteiger partial charge in [0.1, 0.15) is 8.07 Å². The van der Waals surface area contributed by atoms with Crippen molar-refractivity contribution in [2.75, 3.05) is 7.05 Å². The van der Waals surface area contributed by atoms with E-state index >= 15 is 0 Å². The molecule has 0 bridgehead atoms. The number of hydrogen-bond acceptors (Lipinski definition) is 2. The van der Waals surface area contributed by atoms with Gasteiger partial charge in [-0.2, -0.15) is 0 Å². The lowest BCUT2D eigenvalue weighted by molar-refractivity contribution is -0.133. The second-order valence-corrected chi connectivity index (χ2v) is 11.4. The van der Waals surface area contributed by atoms with E-state index in [1.54, 1.807) is 11.9 Å². The Hall–Kier alpha value is -1.57. The molecular formula is C18H27NO2Si. The van der Waals surface area contributed by atoms with E-state index in [2.05, 4.69) is 31.1 Å². The normalized spacial score (nSPS) is 13.7. The maximum absolute atomic E-state index is 12.2. The molecule has 0 aliphatic carbocycles. The average Bonchev–Trinajstić information content (AvgIpc) is 2.49. The molecule has 0 aliphatic heterocycles. The standard InChI is InChI=1S/C18H27NO2Si/c1-15(18(21)16-11-7-6-8-12-16)19(2)17(20)13-9-10-14-22(3,4)5/h6-8,11-12,15,18,21H,9,13H2,1-5H3/t15-,18+/m1/s1. The third-order valence-corrected chi connectivity index (χ3v) is 4.46. The molecule has 0 radical (unpaired) electrons. The van der Waals surface area contributed by atoms with Crippen LogP contribution in [0.25, 0.3) is 0 Å². The van der Waals surface area contributed by atoms with Crippen LogP contribution in [0, 0.1) is 11.5 Å². The second-order valence-electron chi connectivity index (χ2n) is 6.65. The molecule has 22 heavy (non-hydrogen) atoms. The molecule has 0 unspecified atom stereocenters. The zero-order valence-electron chi connectivity index (χ0n) is 14.3. The SMILES string of the molecule is C[C@H]([C@H](O)c1ccccc1)N(C)C(=O)CCC#C[Si](C)(C)C. The minimum absolute atomic E-state index is 0.0207. The molecule has 2 atom stereocenters. The molecule has 1 rings (SSSR count). The van der Waals surface area contributed by atoms with Crippen molar-refractivity contribution in [3.8, 4) is 11.5 Å². The molecule has 0 heterocycles. The predicted molar refractivity (Wildman–Crippen MR) is 94.0 cm³/mol. The third kappa shape index (κ3) is 6.04. The van der Waals surface area contributed by atoms with Crippen LogP contribution in [0.3, 0.4) is 0 Å². The first-order valence-corrected chi connectivity index (χ1v) is 11.2. The Balaban J connectivity index is 2.56. The molecule has 0 spiro atoms. The van der Waals surface area contributed by atoms with Crippen molar-refractivity contribution in [3.05, 3.63) is 35.9 Å². The van der Waals surface area contributed by atoms with E-state index in [0.29, 0.717) is 12.8 Å². The van der Waals surface area contributed by atoms with E-state index in [-0.39, 0.29) is 11.9 Å². The fourth-order valence-electron chi connectivity index (χ4n) is 2.04. The number of hydrogen-bond donors (Lipinski definition) is 1. The Bertz CT molecular complexity index is 540. The summed E-state index contributed by atoms with van der Waals surface area (Å²) in [6.07, 6.45) is 0.310. The number of carbonyl (C=O) groups excluding carboxylic acids is 1. The van der Waals surface area contributed by atoms with Gasteiger partial charge in [0.15, 0.2) is 0 Å². The maximum Gasteiger partial charge on any atom is 0.223 e. The smallest absolute Gasteiger partial charge is 0.223 e. The van der Waals surface area contributed by atoms with Gasteiger partial charge in [0.25, 0.3) is 0 Å². The number of aliphatic hydroxyl groups is 1. The molecule has 0 aromatic heterocycles. The van der Waals surface area contributed by atoms with Crippen LogP contribution in [0.5, 0.6) is 0 Å². The number of amides is 1. The second kappa shape index (κ2) is 8.16. The van der Waals surface area contributed by atoms with Crippen molar-refractivity contribution < 1.29 is 9.90 Å². The van der Waals surface area contributed by atoms with Crippen molar-refractivity contribution in [1.82, 2.24) is 4.90 Å². The summed E-state index contributed by atoms with van der Waals surface area (Å²) in [6.45, 7) is 8.42. The van der Waals surface area contributed by atoms with Crippen LogP contribution in [-0.2, 0) is 4.79 Å². The van der Waals surface area contributed by atoms with Gasteiger partial charge in [-0.15, -0.1) is 11.5 Å². The Morgan fingerprint density at radius 1 is 1.27 bits per heavy atom. The first kappa shape index (κ1) is 18.5. The van der Waals surface area contributed by atoms with Gasteiger partial charge in [-0.05, 0) is 12.5 Å². The summed E-state index contributed by atoms with van der Waals surface area (Å²) in [6, 6.07) is 9.17. The lowest BCUT2D eigenvalue weighted by Gasteiger charge is -2.29. The lowest BCUT2D eigenvalue weighted by Crippen LogP contribution is -2.38. The number of carbonyl (C=O) groups is 1. The zero-order valence-corrected chi connectivity index (χ0v) is 15.3. The number of aliphatic hydroxyl groups excluding tert-OH is 1. The van der Waals surface area contributed by atoms with E-state index in [1.807, 2.05) is 37.3 Å². The first-order chi connectivity index (χ1) is 10.2. The number of rotatable bonds is 5. The van der Waals surface area contributed by atoms with E-state index in [1.165, 1.54) is 0 Å². The zero-order chi connectivity index (χ0) is 16.8. The molecule has 1 N–H and O–H groups in total. The Morgan fingerprint density at radius 3 is 2.41 bits per heavy atom. The summed E-state index contributed by atoms with van der Waals surface area (Å²) in [5.74, 6) is 3.13. The minimum atomic E-state index is -1.37. The molecule has 3 nitrogen and oxygen atoms in total. The Morgan fingerprint density at radius 2 is 1.86 bits per heavy atom. The molecular weight excluding hydrogens is 290 g/mol. The molecule has 1 aromatic carbocycles. The summed E-state index contributed by atoms with van der Waals surface area (Å²) in [5, 5.41) is 10.4. The number of likely N-dealkylation sites (N-methyl/N-ethyl adjacent to an activating group) is 1. The van der Waals surface area contributed by atoms with Gasteiger partial charge in [0.05, 0.1) is 12.1 Å². The van der Waals surface area contributed by atoms with Crippen molar-refractivity contribution >= 4 is 14.0 Å². The van der Waals surface area contributed by atoms with E-state index in [9.17, 15) is 9.90 Å². The highest BCUT2D eigenvalue weighted by molar-refractivity contribution is 6.83. The van der Waals surface area contributed by atoms with Gasteiger partial charge < -0.3 is 10.0 Å². The van der Waals surface area contributed by atoms with Crippen molar-refractivity contribution in [3.63, 3.8) is 0 Å². The Labute approximate surface area is 135 Å². The fourth-order valence-corrected chi connectivity index (χ4v) is 2.70. The highest BCUT2D eigenvalue weighted by Gasteiger charge is 2.23. The van der Waals surface area contributed by atoms with Crippen molar-refractivity contribution in [2.24, 2.45) is 0 Å². The molecule has 0 aliphatic rings. The Kier molecular flexibility index (Phi) is 6.86. The number of nitrogens with zero attached hydrogens (tertiary/aromatic N) is 1. The van der Waals surface area contributed by atoms with Gasteiger partial charge in [0, 0.05) is 19.9 Å². The van der Waals surface area contributed by atoms with Crippen LogP contribution < -0.4 is 0 Å². The van der Waals surface area contributed by atoms with E-state index in [4.69, 9.17) is 0 Å². The quantitative estimate of drug-likeness (QED) is 0.669. The predicted octanol–water partition coefficient (Wildman–Crippen LogP) is 3.23. The van der Waals surface area contributed by atoms with Crippen LogP contribution in [0.1, 0.15) is 31.4 Å². The highest BCUT2D eigenvalue weighted by Crippen LogP contribution is 2.20. The van der Waals surface area contributed by atoms with Crippen LogP contribution >= 0.6 is 0 Å². The van der Waals surface area contributed by atoms with E-state index in [0.717, 1.165) is 5.56 Å². The molecule has 1 aromatic rings. The molecule has 0 saturated carbocycles. The van der Waals surface area contributed by atoms with Crippen LogP contribution in [-0.4, -0.2) is 37.1 Å². The fraction of sp³-hybridized carbons (Fsp3) is 0.500. The van der Waals surface area contributed by atoms with Gasteiger partial charge in [-0.1, -0.05) is 50.0 Å². The van der Waals surface area contributed by atoms with Crippen LogP contribution in [0.4, 0.5) is 0 Å². The summed E-state index contributed by atoms with van der Waals surface area (Å²) >= 11 is 0. The monoisotopic (exact) mass is 317 g/mol. The summed E-state index contributed by atoms with van der Waals surface area (Å²) < 4.78 is 0. The number of benzene rings is 1. The van der Waals surface area contributed by atoms with Crippen LogP contribution in [0.15, 0.2) is 30.3 Å². The third-order valence-electron chi connectivity index (χ3n) is 3.53. The summed E-state index contributed by atoms with van der Waals surface area (Å²) in [5.41, 5.74) is 4.09. The molecule has 120 valence electrons. The molecule has 4 heteroatoms. The molecule has 1 amide bonds. The topological polar surface area (TPSA) is 40.5 Å². The van der Waals surface area contributed by atoms with Gasteiger partial charge in [-0.25, -0.2) is 0 Å². The van der Waals surface area contributed by atoms with Crippen molar-refractivity contribution in [1.29, 1.82) is 0 Å². The molecule has 0 saturated heterocycles.